The molecule has 3 atom stereocenters. The molecule has 2 aliphatic rings. The standard InChI is InChI=1S/C19H29FN2O/c1-4-23-17-11-16(19(17)9-5-6-10-19)22-18(13(2)3)15-8-7-14(20)12-21-15/h7-8,12-13,16-18,22H,4-6,9-11H2,1-3H3/t16-,17-,18+/m1/s1. The summed E-state index contributed by atoms with van der Waals surface area (Å²) in [5.74, 6) is 0.140. The van der Waals surface area contributed by atoms with E-state index in [4.69, 9.17) is 4.74 Å². The van der Waals surface area contributed by atoms with Gasteiger partial charge in [0.2, 0.25) is 0 Å². The summed E-state index contributed by atoms with van der Waals surface area (Å²) in [4.78, 5) is 4.31. The summed E-state index contributed by atoms with van der Waals surface area (Å²) in [6.07, 6.45) is 7.95. The van der Waals surface area contributed by atoms with E-state index in [9.17, 15) is 4.39 Å². The van der Waals surface area contributed by atoms with E-state index in [0.717, 1.165) is 18.7 Å². The molecule has 0 unspecified atom stereocenters. The lowest BCUT2D eigenvalue weighted by Gasteiger charge is -2.55. The van der Waals surface area contributed by atoms with Crippen molar-refractivity contribution >= 4 is 0 Å². The van der Waals surface area contributed by atoms with Crippen molar-refractivity contribution in [2.75, 3.05) is 6.61 Å². The molecule has 1 aromatic heterocycles. The lowest BCUT2D eigenvalue weighted by atomic mass is 9.60. The van der Waals surface area contributed by atoms with Gasteiger partial charge in [0, 0.05) is 18.1 Å². The van der Waals surface area contributed by atoms with Crippen LogP contribution >= 0.6 is 0 Å². The van der Waals surface area contributed by atoms with Crippen LogP contribution in [0.4, 0.5) is 4.39 Å². The van der Waals surface area contributed by atoms with Gasteiger partial charge in [-0.3, -0.25) is 4.98 Å². The number of nitrogens with one attached hydrogen (secondary N) is 1. The van der Waals surface area contributed by atoms with E-state index in [1.54, 1.807) is 0 Å². The van der Waals surface area contributed by atoms with Crippen LogP contribution in [-0.2, 0) is 4.74 Å². The van der Waals surface area contributed by atoms with Crippen molar-refractivity contribution in [1.29, 1.82) is 0 Å². The van der Waals surface area contributed by atoms with Gasteiger partial charge >= 0.3 is 0 Å². The summed E-state index contributed by atoms with van der Waals surface area (Å²) in [7, 11) is 0. The molecular formula is C19H29FN2O. The monoisotopic (exact) mass is 320 g/mol. The molecule has 1 heterocycles. The summed E-state index contributed by atoms with van der Waals surface area (Å²) >= 11 is 0. The normalized spacial score (nSPS) is 27.3. The van der Waals surface area contributed by atoms with Crippen LogP contribution in [0.5, 0.6) is 0 Å². The SMILES string of the molecule is CCO[C@@H]1C[C@@H](N[C@H](c2ccc(F)cn2)C(C)C)C12CCCC2. The van der Waals surface area contributed by atoms with Gasteiger partial charge in [0.25, 0.3) is 0 Å². The van der Waals surface area contributed by atoms with Gasteiger partial charge in [0.1, 0.15) is 5.82 Å². The number of pyridine rings is 1. The van der Waals surface area contributed by atoms with Gasteiger partial charge in [0.05, 0.1) is 24.0 Å². The highest BCUT2D eigenvalue weighted by molar-refractivity contribution is 5.15. The molecule has 0 aromatic carbocycles. The molecule has 2 aliphatic carbocycles. The predicted molar refractivity (Wildman–Crippen MR) is 89.6 cm³/mol. The zero-order valence-electron chi connectivity index (χ0n) is 14.5. The first-order chi connectivity index (χ1) is 11.1. The minimum absolute atomic E-state index is 0.167. The Kier molecular flexibility index (Phi) is 5.02. The first kappa shape index (κ1) is 16.8. The average molecular weight is 320 g/mol. The topological polar surface area (TPSA) is 34.1 Å². The van der Waals surface area contributed by atoms with Crippen molar-refractivity contribution in [2.45, 2.75) is 71.1 Å². The Hall–Kier alpha value is -1.00. The van der Waals surface area contributed by atoms with Crippen LogP contribution in [-0.4, -0.2) is 23.7 Å². The summed E-state index contributed by atoms with van der Waals surface area (Å²) in [6.45, 7) is 7.28. The van der Waals surface area contributed by atoms with Crippen molar-refractivity contribution < 1.29 is 9.13 Å². The Morgan fingerprint density at radius 3 is 2.65 bits per heavy atom. The molecule has 3 nitrogen and oxygen atoms in total. The highest BCUT2D eigenvalue weighted by atomic mass is 19.1. The number of rotatable bonds is 6. The second-order valence-electron chi connectivity index (χ2n) is 7.46. The van der Waals surface area contributed by atoms with Crippen molar-refractivity contribution in [3.8, 4) is 0 Å². The molecule has 0 aliphatic heterocycles. The minimum atomic E-state index is -0.274. The molecule has 1 spiro atoms. The average Bonchev–Trinajstić information content (AvgIpc) is 3.04. The van der Waals surface area contributed by atoms with Gasteiger partial charge < -0.3 is 10.1 Å². The second-order valence-corrected chi connectivity index (χ2v) is 7.46. The van der Waals surface area contributed by atoms with Crippen molar-refractivity contribution in [2.24, 2.45) is 11.3 Å². The van der Waals surface area contributed by atoms with E-state index in [-0.39, 0.29) is 11.9 Å². The lowest BCUT2D eigenvalue weighted by Crippen LogP contribution is -2.63. The Morgan fingerprint density at radius 2 is 2.09 bits per heavy atom. The van der Waals surface area contributed by atoms with Gasteiger partial charge in [-0.05, 0) is 44.2 Å². The van der Waals surface area contributed by atoms with E-state index in [0.29, 0.717) is 23.5 Å². The lowest BCUT2D eigenvalue weighted by molar-refractivity contribution is -0.133. The smallest absolute Gasteiger partial charge is 0.141 e. The maximum Gasteiger partial charge on any atom is 0.141 e. The van der Waals surface area contributed by atoms with Gasteiger partial charge in [-0.1, -0.05) is 26.7 Å². The van der Waals surface area contributed by atoms with Crippen LogP contribution < -0.4 is 5.32 Å². The molecule has 0 amide bonds. The molecule has 128 valence electrons. The van der Waals surface area contributed by atoms with E-state index in [2.05, 4.69) is 31.1 Å². The maximum atomic E-state index is 13.2. The summed E-state index contributed by atoms with van der Waals surface area (Å²) in [6, 6.07) is 3.98. The van der Waals surface area contributed by atoms with Crippen LogP contribution in [0, 0.1) is 17.2 Å². The predicted octanol–water partition coefficient (Wildman–Crippen LogP) is 4.25. The van der Waals surface area contributed by atoms with Gasteiger partial charge in [-0.2, -0.15) is 0 Å². The van der Waals surface area contributed by atoms with Crippen LogP contribution in [0.2, 0.25) is 0 Å². The molecule has 2 saturated carbocycles. The number of aromatic nitrogens is 1. The number of halogens is 1. The highest BCUT2D eigenvalue weighted by Gasteiger charge is 2.57. The number of hydrogen-bond donors (Lipinski definition) is 1. The van der Waals surface area contributed by atoms with Gasteiger partial charge in [-0.15, -0.1) is 0 Å². The van der Waals surface area contributed by atoms with E-state index in [1.165, 1.54) is 37.9 Å². The third kappa shape index (κ3) is 3.16. The van der Waals surface area contributed by atoms with Gasteiger partial charge in [0.15, 0.2) is 0 Å². The maximum absolute atomic E-state index is 13.2. The second kappa shape index (κ2) is 6.86. The fourth-order valence-corrected chi connectivity index (χ4v) is 4.53. The Bertz CT molecular complexity index is 511. The Morgan fingerprint density at radius 1 is 1.35 bits per heavy atom. The third-order valence-electron chi connectivity index (χ3n) is 5.80. The Labute approximate surface area is 139 Å². The molecule has 2 fully saturated rings. The molecular weight excluding hydrogens is 291 g/mol. The van der Waals surface area contributed by atoms with Crippen molar-refractivity contribution in [3.63, 3.8) is 0 Å². The number of ether oxygens (including phenoxy) is 1. The highest BCUT2D eigenvalue weighted by Crippen LogP contribution is 2.55. The van der Waals surface area contributed by atoms with Crippen molar-refractivity contribution in [1.82, 2.24) is 10.3 Å². The molecule has 0 saturated heterocycles. The summed E-state index contributed by atoms with van der Waals surface area (Å²) in [5.41, 5.74) is 1.25. The van der Waals surface area contributed by atoms with Crippen molar-refractivity contribution in [3.05, 3.63) is 29.8 Å². The quantitative estimate of drug-likeness (QED) is 0.851. The first-order valence-corrected chi connectivity index (χ1v) is 9.06. The van der Waals surface area contributed by atoms with E-state index in [1.807, 2.05) is 6.07 Å². The Balaban J connectivity index is 1.74. The largest absolute Gasteiger partial charge is 0.378 e. The molecule has 1 aromatic rings. The van der Waals surface area contributed by atoms with Crippen LogP contribution in [0.3, 0.4) is 0 Å². The molecule has 0 bridgehead atoms. The molecule has 23 heavy (non-hydrogen) atoms. The summed E-state index contributed by atoms with van der Waals surface area (Å²) < 4.78 is 19.2. The van der Waals surface area contributed by atoms with E-state index >= 15 is 0 Å². The van der Waals surface area contributed by atoms with Crippen LogP contribution in [0.1, 0.15) is 64.6 Å². The van der Waals surface area contributed by atoms with Crippen LogP contribution in [0.25, 0.3) is 0 Å². The molecule has 3 rings (SSSR count). The molecule has 4 heteroatoms. The summed E-state index contributed by atoms with van der Waals surface area (Å²) in [5, 5.41) is 3.84. The zero-order chi connectivity index (χ0) is 16.4. The van der Waals surface area contributed by atoms with Crippen LogP contribution in [0.15, 0.2) is 18.3 Å². The minimum Gasteiger partial charge on any atom is -0.378 e. The number of hydrogen-bond acceptors (Lipinski definition) is 3. The molecule has 0 radical (unpaired) electrons. The fourth-order valence-electron chi connectivity index (χ4n) is 4.53. The fraction of sp³-hybridized carbons (Fsp3) is 0.737. The molecule has 1 N–H and O–H groups in total. The zero-order valence-corrected chi connectivity index (χ0v) is 14.5. The van der Waals surface area contributed by atoms with E-state index < -0.39 is 0 Å². The number of nitrogens with zero attached hydrogens (tertiary/aromatic N) is 1. The van der Waals surface area contributed by atoms with Gasteiger partial charge in [-0.25, -0.2) is 4.39 Å². The third-order valence-corrected chi connectivity index (χ3v) is 5.80. The first-order valence-electron chi connectivity index (χ1n) is 9.06.